The van der Waals surface area contributed by atoms with E-state index >= 15 is 0 Å². The van der Waals surface area contributed by atoms with Crippen LogP contribution in [0.1, 0.15) is 31.9 Å². The van der Waals surface area contributed by atoms with Gasteiger partial charge in [-0.25, -0.2) is 8.42 Å². The third kappa shape index (κ3) is 4.20. The van der Waals surface area contributed by atoms with Gasteiger partial charge < -0.3 is 9.84 Å². The highest BCUT2D eigenvalue weighted by Gasteiger charge is 2.28. The van der Waals surface area contributed by atoms with E-state index in [-0.39, 0.29) is 19.0 Å². The molecule has 1 aromatic rings. The minimum Gasteiger partial charge on any atom is -0.492 e. The van der Waals surface area contributed by atoms with Crippen molar-refractivity contribution in [3.63, 3.8) is 0 Å². The molecular weight excluding hydrogens is 344 g/mol. The highest BCUT2D eigenvalue weighted by atomic mass is 79.9. The van der Waals surface area contributed by atoms with E-state index < -0.39 is 14.6 Å². The molecule has 0 aliphatic rings. The summed E-state index contributed by atoms with van der Waals surface area (Å²) in [6, 6.07) is 3.63. The van der Waals surface area contributed by atoms with E-state index in [0.29, 0.717) is 11.3 Å². The number of halogens is 1. The summed E-state index contributed by atoms with van der Waals surface area (Å²) >= 11 is 3.35. The fourth-order valence-electron chi connectivity index (χ4n) is 1.68. The van der Waals surface area contributed by atoms with Gasteiger partial charge in [-0.05, 0) is 45.4 Å². The van der Waals surface area contributed by atoms with Crippen molar-refractivity contribution in [3.8, 4) is 5.75 Å². The fourth-order valence-corrected chi connectivity index (χ4v) is 3.22. The molecule has 0 saturated carbocycles. The van der Waals surface area contributed by atoms with Gasteiger partial charge in [-0.1, -0.05) is 15.9 Å². The predicted molar refractivity (Wildman–Crippen MR) is 83.8 cm³/mol. The van der Waals surface area contributed by atoms with Crippen molar-refractivity contribution in [3.05, 3.63) is 27.7 Å². The largest absolute Gasteiger partial charge is 0.492 e. The Kier molecular flexibility index (Phi) is 5.63. The van der Waals surface area contributed by atoms with E-state index in [2.05, 4.69) is 15.9 Å². The molecule has 1 N–H and O–H groups in total. The van der Waals surface area contributed by atoms with Gasteiger partial charge in [0, 0.05) is 10.0 Å². The Hall–Kier alpha value is -0.590. The van der Waals surface area contributed by atoms with Crippen molar-refractivity contribution in [2.45, 2.75) is 39.0 Å². The van der Waals surface area contributed by atoms with Crippen molar-refractivity contribution in [1.82, 2.24) is 0 Å². The molecule has 1 aromatic carbocycles. The topological polar surface area (TPSA) is 63.6 Å². The lowest BCUT2D eigenvalue weighted by molar-refractivity contribution is 0.266. The van der Waals surface area contributed by atoms with Crippen LogP contribution >= 0.6 is 15.9 Å². The van der Waals surface area contributed by atoms with Crippen LogP contribution in [0.3, 0.4) is 0 Å². The van der Waals surface area contributed by atoms with Gasteiger partial charge in [0.1, 0.15) is 12.4 Å². The van der Waals surface area contributed by atoms with Crippen LogP contribution in [0, 0.1) is 6.92 Å². The van der Waals surface area contributed by atoms with Gasteiger partial charge in [0.05, 0.1) is 17.1 Å². The second-order valence-electron chi connectivity index (χ2n) is 5.65. The summed E-state index contributed by atoms with van der Waals surface area (Å²) in [5, 5.41) is 9.34. The summed E-state index contributed by atoms with van der Waals surface area (Å²) in [7, 11) is -3.21. The molecule has 4 nitrogen and oxygen atoms in total. The van der Waals surface area contributed by atoms with Crippen molar-refractivity contribution >= 4 is 25.8 Å². The highest BCUT2D eigenvalue weighted by Crippen LogP contribution is 2.28. The maximum Gasteiger partial charge on any atom is 0.158 e. The van der Waals surface area contributed by atoms with Crippen LogP contribution in [-0.4, -0.2) is 30.6 Å². The van der Waals surface area contributed by atoms with E-state index in [1.165, 1.54) is 0 Å². The Labute approximate surface area is 129 Å². The van der Waals surface area contributed by atoms with E-state index in [4.69, 9.17) is 4.74 Å². The Bertz CT molecular complexity index is 574. The zero-order valence-corrected chi connectivity index (χ0v) is 14.6. The minimum atomic E-state index is -3.21. The molecule has 0 bridgehead atoms. The second-order valence-corrected chi connectivity index (χ2v) is 9.43. The summed E-state index contributed by atoms with van der Waals surface area (Å²) in [5.74, 6) is 0.511. The van der Waals surface area contributed by atoms with Crippen LogP contribution in [0.15, 0.2) is 16.6 Å². The second kappa shape index (κ2) is 6.45. The standard InChI is InChI=1S/C14H21BrO4S/c1-10-7-12(15)8-11(9-16)13(10)19-5-6-20(17,18)14(2,3)4/h7-8,16H,5-6,9H2,1-4H3. The summed E-state index contributed by atoms with van der Waals surface area (Å²) < 4.78 is 29.7. The van der Waals surface area contributed by atoms with Crippen molar-refractivity contribution in [2.24, 2.45) is 0 Å². The highest BCUT2D eigenvalue weighted by molar-refractivity contribution is 9.10. The molecule has 0 amide bonds. The lowest BCUT2D eigenvalue weighted by atomic mass is 10.1. The lowest BCUT2D eigenvalue weighted by Gasteiger charge is -2.20. The van der Waals surface area contributed by atoms with Gasteiger partial charge in [0.2, 0.25) is 0 Å². The molecule has 0 fully saturated rings. The van der Waals surface area contributed by atoms with Crippen LogP contribution in [0.25, 0.3) is 0 Å². The van der Waals surface area contributed by atoms with Crippen LogP contribution in [0.4, 0.5) is 0 Å². The van der Waals surface area contributed by atoms with Crippen LogP contribution < -0.4 is 4.74 Å². The average Bonchev–Trinajstić information content (AvgIpc) is 2.29. The molecule has 1 rings (SSSR count). The number of aliphatic hydroxyl groups excluding tert-OH is 1. The molecule has 0 aromatic heterocycles. The molecule has 0 unspecified atom stereocenters. The summed E-state index contributed by atoms with van der Waals surface area (Å²) in [6.07, 6.45) is 0. The smallest absolute Gasteiger partial charge is 0.158 e. The van der Waals surface area contributed by atoms with E-state index in [1.54, 1.807) is 26.8 Å². The number of aryl methyl sites for hydroxylation is 1. The zero-order chi connectivity index (χ0) is 15.6. The predicted octanol–water partition coefficient (Wildman–Crippen LogP) is 2.84. The van der Waals surface area contributed by atoms with E-state index in [1.807, 2.05) is 13.0 Å². The Balaban J connectivity index is 2.82. The maximum absolute atomic E-state index is 12.0. The molecule has 0 heterocycles. The molecule has 0 radical (unpaired) electrons. The van der Waals surface area contributed by atoms with Gasteiger partial charge in [-0.2, -0.15) is 0 Å². The van der Waals surface area contributed by atoms with Crippen molar-refractivity contribution in [1.29, 1.82) is 0 Å². The average molecular weight is 365 g/mol. The monoisotopic (exact) mass is 364 g/mol. The van der Waals surface area contributed by atoms with Crippen molar-refractivity contribution in [2.75, 3.05) is 12.4 Å². The molecule has 0 aliphatic carbocycles. The normalized spacial score (nSPS) is 12.5. The third-order valence-corrected chi connectivity index (χ3v) is 6.05. The number of ether oxygens (including phenoxy) is 1. The lowest BCUT2D eigenvalue weighted by Crippen LogP contribution is -2.32. The molecule has 6 heteroatoms. The molecule has 0 spiro atoms. The fraction of sp³-hybridized carbons (Fsp3) is 0.571. The summed E-state index contributed by atoms with van der Waals surface area (Å²) in [5.41, 5.74) is 1.50. The molecule has 0 atom stereocenters. The van der Waals surface area contributed by atoms with Gasteiger partial charge in [-0.3, -0.25) is 0 Å². The van der Waals surface area contributed by atoms with Crippen molar-refractivity contribution < 1.29 is 18.3 Å². The Morgan fingerprint density at radius 2 is 1.90 bits per heavy atom. The molecule has 0 aliphatic heterocycles. The third-order valence-electron chi connectivity index (χ3n) is 3.02. The van der Waals surface area contributed by atoms with Gasteiger partial charge >= 0.3 is 0 Å². The number of benzene rings is 1. The number of rotatable bonds is 5. The van der Waals surface area contributed by atoms with Gasteiger partial charge in [-0.15, -0.1) is 0 Å². The Morgan fingerprint density at radius 1 is 1.30 bits per heavy atom. The molecule has 0 saturated heterocycles. The van der Waals surface area contributed by atoms with E-state index in [0.717, 1.165) is 10.0 Å². The quantitative estimate of drug-likeness (QED) is 0.872. The van der Waals surface area contributed by atoms with Crippen LogP contribution in [0.5, 0.6) is 5.75 Å². The summed E-state index contributed by atoms with van der Waals surface area (Å²) in [4.78, 5) is 0. The first-order chi connectivity index (χ1) is 9.08. The molecule has 20 heavy (non-hydrogen) atoms. The molecular formula is C14H21BrO4S. The SMILES string of the molecule is Cc1cc(Br)cc(CO)c1OCCS(=O)(=O)C(C)(C)C. The first-order valence-electron chi connectivity index (χ1n) is 6.33. The zero-order valence-electron chi connectivity index (χ0n) is 12.2. The number of sulfone groups is 1. The Morgan fingerprint density at radius 3 is 2.40 bits per heavy atom. The molecule has 114 valence electrons. The first kappa shape index (κ1) is 17.5. The van der Waals surface area contributed by atoms with Gasteiger partial charge in [0.25, 0.3) is 0 Å². The summed E-state index contributed by atoms with van der Waals surface area (Å²) in [6.45, 7) is 6.80. The first-order valence-corrected chi connectivity index (χ1v) is 8.78. The number of hydrogen-bond donors (Lipinski definition) is 1. The van der Waals surface area contributed by atoms with Crippen LogP contribution in [-0.2, 0) is 16.4 Å². The number of hydrogen-bond acceptors (Lipinski definition) is 4. The minimum absolute atomic E-state index is 0.0448. The number of aliphatic hydroxyl groups is 1. The van der Waals surface area contributed by atoms with E-state index in [9.17, 15) is 13.5 Å². The maximum atomic E-state index is 12.0. The van der Waals surface area contributed by atoms with Gasteiger partial charge in [0.15, 0.2) is 9.84 Å². The van der Waals surface area contributed by atoms with Crippen LogP contribution in [0.2, 0.25) is 0 Å².